The normalized spacial score (nSPS) is 11.1. The third kappa shape index (κ3) is 4.12. The first-order valence-electron chi connectivity index (χ1n) is 8.69. The standard InChI is InChI=1S/C22H17ClN2OS/c23-17-12-20-21(25-13-17)7-6-16-5-4-15(11-19(16)22(20)26)14-27-10-8-18-3-1-2-9-24-18/h1-7,9,11-13H,8,10,14H2. The minimum Gasteiger partial charge on any atom is -0.289 e. The summed E-state index contributed by atoms with van der Waals surface area (Å²) < 4.78 is 0. The molecule has 2 heterocycles. The van der Waals surface area contributed by atoms with Crippen LogP contribution in [0.5, 0.6) is 0 Å². The fourth-order valence-corrected chi connectivity index (χ4v) is 4.10. The summed E-state index contributed by atoms with van der Waals surface area (Å²) in [4.78, 5) is 21.6. The lowest BCUT2D eigenvalue weighted by atomic mass is 10.1. The molecule has 134 valence electrons. The minimum atomic E-state index is -0.0275. The molecule has 0 fully saturated rings. The van der Waals surface area contributed by atoms with Crippen molar-refractivity contribution in [3.63, 3.8) is 0 Å². The Balaban J connectivity index is 1.58. The average Bonchev–Trinajstić information content (AvgIpc) is 2.83. The Bertz CT molecular complexity index is 1170. The second-order valence-corrected chi connectivity index (χ2v) is 7.84. The number of thioether (sulfide) groups is 1. The topological polar surface area (TPSA) is 42.9 Å². The van der Waals surface area contributed by atoms with E-state index < -0.39 is 0 Å². The molecule has 0 saturated heterocycles. The number of rotatable bonds is 5. The molecule has 4 rings (SSSR count). The van der Waals surface area contributed by atoms with Gasteiger partial charge in [-0.15, -0.1) is 0 Å². The number of aromatic nitrogens is 2. The molecule has 27 heavy (non-hydrogen) atoms. The second kappa shape index (κ2) is 8.07. The summed E-state index contributed by atoms with van der Waals surface area (Å²) in [6.45, 7) is 0. The predicted octanol–water partition coefficient (Wildman–Crippen LogP) is 5.27. The number of hydrogen-bond donors (Lipinski definition) is 0. The molecule has 0 amide bonds. The maximum Gasteiger partial charge on any atom is 0.195 e. The van der Waals surface area contributed by atoms with E-state index in [9.17, 15) is 4.79 Å². The van der Waals surface area contributed by atoms with Crippen LogP contribution in [-0.2, 0) is 12.2 Å². The molecule has 0 aliphatic carbocycles. The van der Waals surface area contributed by atoms with Gasteiger partial charge in [-0.2, -0.15) is 11.8 Å². The van der Waals surface area contributed by atoms with Gasteiger partial charge in [0.2, 0.25) is 0 Å². The van der Waals surface area contributed by atoms with Crippen LogP contribution in [0.1, 0.15) is 11.3 Å². The van der Waals surface area contributed by atoms with Crippen LogP contribution in [0.2, 0.25) is 5.02 Å². The number of benzene rings is 1. The maximum atomic E-state index is 13.0. The molecule has 0 aliphatic rings. The Morgan fingerprint density at radius 1 is 0.963 bits per heavy atom. The van der Waals surface area contributed by atoms with E-state index in [-0.39, 0.29) is 5.43 Å². The molecule has 0 atom stereocenters. The number of aryl methyl sites for hydroxylation is 1. The molecule has 0 aliphatic heterocycles. The molecule has 0 spiro atoms. The van der Waals surface area contributed by atoms with Crippen molar-refractivity contribution in [2.75, 3.05) is 5.75 Å². The van der Waals surface area contributed by atoms with E-state index in [2.05, 4.69) is 16.0 Å². The van der Waals surface area contributed by atoms with Crippen molar-refractivity contribution in [3.8, 4) is 0 Å². The van der Waals surface area contributed by atoms with E-state index in [0.29, 0.717) is 21.3 Å². The minimum absolute atomic E-state index is 0.0275. The lowest BCUT2D eigenvalue weighted by molar-refractivity contribution is 1.05. The Labute approximate surface area is 166 Å². The summed E-state index contributed by atoms with van der Waals surface area (Å²) in [5, 5.41) is 2.64. The molecule has 2 aromatic carbocycles. The molecule has 2 aromatic heterocycles. The molecule has 0 unspecified atom stereocenters. The number of nitrogens with zero attached hydrogens (tertiary/aromatic N) is 2. The maximum absolute atomic E-state index is 13.0. The third-order valence-electron chi connectivity index (χ3n) is 4.41. The van der Waals surface area contributed by atoms with Gasteiger partial charge in [0.25, 0.3) is 0 Å². The zero-order valence-corrected chi connectivity index (χ0v) is 16.1. The fraction of sp³-hybridized carbons (Fsp3) is 0.136. The number of fused-ring (bicyclic) bond motifs is 2. The number of hydrogen-bond acceptors (Lipinski definition) is 4. The van der Waals surface area contributed by atoms with E-state index in [0.717, 1.165) is 34.6 Å². The van der Waals surface area contributed by atoms with E-state index in [1.165, 1.54) is 0 Å². The van der Waals surface area contributed by atoms with Crippen molar-refractivity contribution in [2.45, 2.75) is 12.2 Å². The van der Waals surface area contributed by atoms with Crippen molar-refractivity contribution < 1.29 is 0 Å². The van der Waals surface area contributed by atoms with E-state index in [1.807, 2.05) is 60.4 Å². The largest absolute Gasteiger partial charge is 0.289 e. The van der Waals surface area contributed by atoms with E-state index in [4.69, 9.17) is 11.6 Å². The van der Waals surface area contributed by atoms with Gasteiger partial charge in [0, 0.05) is 34.6 Å². The predicted molar refractivity (Wildman–Crippen MR) is 115 cm³/mol. The Morgan fingerprint density at radius 2 is 1.85 bits per heavy atom. The van der Waals surface area contributed by atoms with Crippen LogP contribution in [-0.4, -0.2) is 15.7 Å². The molecule has 4 aromatic rings. The van der Waals surface area contributed by atoms with Crippen LogP contribution in [0, 0.1) is 0 Å². The van der Waals surface area contributed by atoms with Crippen molar-refractivity contribution in [1.29, 1.82) is 0 Å². The fourth-order valence-electron chi connectivity index (χ4n) is 3.03. The van der Waals surface area contributed by atoms with Crippen LogP contribution < -0.4 is 5.43 Å². The van der Waals surface area contributed by atoms with Crippen LogP contribution in [0.25, 0.3) is 21.7 Å². The van der Waals surface area contributed by atoms with Gasteiger partial charge < -0.3 is 0 Å². The summed E-state index contributed by atoms with van der Waals surface area (Å²) in [5.74, 6) is 1.85. The van der Waals surface area contributed by atoms with E-state index >= 15 is 0 Å². The van der Waals surface area contributed by atoms with Crippen LogP contribution in [0.3, 0.4) is 0 Å². The van der Waals surface area contributed by atoms with Gasteiger partial charge in [-0.25, -0.2) is 0 Å². The van der Waals surface area contributed by atoms with Gasteiger partial charge in [-0.05, 0) is 53.5 Å². The lowest BCUT2D eigenvalue weighted by Crippen LogP contribution is -2.00. The summed E-state index contributed by atoms with van der Waals surface area (Å²) in [5.41, 5.74) is 2.88. The monoisotopic (exact) mass is 392 g/mol. The lowest BCUT2D eigenvalue weighted by Gasteiger charge is -2.03. The zero-order chi connectivity index (χ0) is 18.6. The number of pyridine rings is 2. The van der Waals surface area contributed by atoms with Gasteiger partial charge >= 0.3 is 0 Å². The third-order valence-corrected chi connectivity index (χ3v) is 5.65. The van der Waals surface area contributed by atoms with Gasteiger partial charge in [0.1, 0.15) is 0 Å². The summed E-state index contributed by atoms with van der Waals surface area (Å²) in [7, 11) is 0. The average molecular weight is 393 g/mol. The van der Waals surface area contributed by atoms with Gasteiger partial charge in [0.15, 0.2) is 5.43 Å². The van der Waals surface area contributed by atoms with Crippen LogP contribution in [0.4, 0.5) is 0 Å². The summed E-state index contributed by atoms with van der Waals surface area (Å²) >= 11 is 7.88. The molecule has 3 nitrogen and oxygen atoms in total. The highest BCUT2D eigenvalue weighted by molar-refractivity contribution is 7.98. The quantitative estimate of drug-likeness (QED) is 0.434. The summed E-state index contributed by atoms with van der Waals surface area (Å²) in [6, 6.07) is 17.6. The van der Waals surface area contributed by atoms with Crippen molar-refractivity contribution in [2.24, 2.45) is 0 Å². The van der Waals surface area contributed by atoms with Gasteiger partial charge in [-0.1, -0.05) is 35.9 Å². The van der Waals surface area contributed by atoms with Gasteiger partial charge in [-0.3, -0.25) is 14.8 Å². The van der Waals surface area contributed by atoms with Crippen molar-refractivity contribution in [3.05, 3.63) is 93.5 Å². The smallest absolute Gasteiger partial charge is 0.195 e. The zero-order valence-electron chi connectivity index (χ0n) is 14.6. The highest BCUT2D eigenvalue weighted by atomic mass is 35.5. The van der Waals surface area contributed by atoms with Crippen molar-refractivity contribution in [1.82, 2.24) is 9.97 Å². The van der Waals surface area contributed by atoms with Crippen molar-refractivity contribution >= 4 is 45.0 Å². The first kappa shape index (κ1) is 18.0. The molecule has 5 heteroatoms. The van der Waals surface area contributed by atoms with Crippen LogP contribution in [0.15, 0.2) is 71.8 Å². The first-order valence-corrected chi connectivity index (χ1v) is 10.2. The number of halogens is 1. The Morgan fingerprint density at radius 3 is 2.70 bits per heavy atom. The SMILES string of the molecule is O=c1c2cc(CSCCc3ccccn3)ccc2ccc2ncc(Cl)cc12. The molecular formula is C22H17ClN2OS. The molecule has 0 saturated carbocycles. The summed E-state index contributed by atoms with van der Waals surface area (Å²) in [6.07, 6.45) is 4.33. The molecular weight excluding hydrogens is 376 g/mol. The van der Waals surface area contributed by atoms with Crippen LogP contribution >= 0.6 is 23.4 Å². The molecule has 0 radical (unpaired) electrons. The Hall–Kier alpha value is -2.43. The second-order valence-electron chi connectivity index (χ2n) is 6.29. The highest BCUT2D eigenvalue weighted by Crippen LogP contribution is 2.20. The molecule has 0 N–H and O–H groups in total. The van der Waals surface area contributed by atoms with E-state index in [1.54, 1.807) is 12.3 Å². The first-order chi connectivity index (χ1) is 13.2. The molecule has 0 bridgehead atoms. The van der Waals surface area contributed by atoms with Gasteiger partial charge in [0.05, 0.1) is 10.5 Å². The highest BCUT2D eigenvalue weighted by Gasteiger charge is 2.06. The Kier molecular flexibility index (Phi) is 5.37.